The van der Waals surface area contributed by atoms with Crippen molar-refractivity contribution in [1.82, 2.24) is 10.2 Å². The van der Waals surface area contributed by atoms with Crippen LogP contribution in [0.3, 0.4) is 0 Å². The molecule has 3 aromatic carbocycles. The number of anilines is 2. The maximum Gasteiger partial charge on any atom is 0.323 e. The van der Waals surface area contributed by atoms with Crippen molar-refractivity contribution in [2.24, 2.45) is 0 Å². The Balaban J connectivity index is 1.41. The van der Waals surface area contributed by atoms with Crippen molar-refractivity contribution in [3.05, 3.63) is 84.4 Å². The summed E-state index contributed by atoms with van der Waals surface area (Å²) in [5.74, 6) is 1.32. The molecule has 0 atom stereocenters. The van der Waals surface area contributed by atoms with Crippen LogP contribution in [0.1, 0.15) is 43.5 Å². The van der Waals surface area contributed by atoms with Crippen LogP contribution >= 0.6 is 0 Å². The van der Waals surface area contributed by atoms with E-state index in [0.717, 1.165) is 44.6 Å². The fourth-order valence-corrected chi connectivity index (χ4v) is 3.80. The van der Waals surface area contributed by atoms with Gasteiger partial charge in [0.15, 0.2) is 0 Å². The Bertz CT molecular complexity index is 1060. The van der Waals surface area contributed by atoms with Crippen LogP contribution in [0.5, 0.6) is 11.5 Å². The first-order chi connectivity index (χ1) is 17.6. The summed E-state index contributed by atoms with van der Waals surface area (Å²) < 4.78 is 5.76. The third kappa shape index (κ3) is 9.07. The van der Waals surface area contributed by atoms with Gasteiger partial charge in [0, 0.05) is 23.5 Å². The molecule has 0 aliphatic carbocycles. The van der Waals surface area contributed by atoms with E-state index < -0.39 is 0 Å². The van der Waals surface area contributed by atoms with Crippen molar-refractivity contribution in [3.63, 3.8) is 0 Å². The van der Waals surface area contributed by atoms with E-state index >= 15 is 0 Å². The van der Waals surface area contributed by atoms with Crippen LogP contribution in [0, 0.1) is 0 Å². The van der Waals surface area contributed by atoms with Crippen molar-refractivity contribution < 1.29 is 14.3 Å². The second-order valence-corrected chi connectivity index (χ2v) is 8.55. The second-order valence-electron chi connectivity index (χ2n) is 8.55. The number of nitrogens with one attached hydrogen (secondary N) is 3. The van der Waals surface area contributed by atoms with E-state index in [1.165, 1.54) is 0 Å². The summed E-state index contributed by atoms with van der Waals surface area (Å²) in [6.07, 6.45) is 3.20. The Kier molecular flexibility index (Phi) is 10.8. The van der Waals surface area contributed by atoms with Crippen molar-refractivity contribution in [3.8, 4) is 11.5 Å². The zero-order valence-corrected chi connectivity index (χ0v) is 21.1. The SMILES string of the molecule is CCCN(CCC)CCCNC(=O)c1ccc(NC(=O)Nc2ccc(Oc3ccccc3)cc2)cc1. The molecule has 190 valence electrons. The Morgan fingerprint density at radius 1 is 0.722 bits per heavy atom. The van der Waals surface area contributed by atoms with Gasteiger partial charge < -0.3 is 25.6 Å². The number of para-hydroxylation sites is 1. The minimum Gasteiger partial charge on any atom is -0.457 e. The molecule has 3 amide bonds. The lowest BCUT2D eigenvalue weighted by molar-refractivity contribution is 0.0951. The highest BCUT2D eigenvalue weighted by Crippen LogP contribution is 2.22. The lowest BCUT2D eigenvalue weighted by Crippen LogP contribution is -2.31. The molecule has 0 heterocycles. The molecule has 3 rings (SSSR count). The van der Waals surface area contributed by atoms with E-state index in [1.54, 1.807) is 48.5 Å². The maximum absolute atomic E-state index is 12.4. The van der Waals surface area contributed by atoms with Gasteiger partial charge in [0.05, 0.1) is 0 Å². The first kappa shape index (κ1) is 26.8. The molecule has 0 saturated heterocycles. The van der Waals surface area contributed by atoms with Crippen LogP contribution in [0.25, 0.3) is 0 Å². The van der Waals surface area contributed by atoms with Crippen LogP contribution in [-0.2, 0) is 0 Å². The minimum absolute atomic E-state index is 0.110. The number of urea groups is 1. The molecule has 36 heavy (non-hydrogen) atoms. The van der Waals surface area contributed by atoms with E-state index in [4.69, 9.17) is 4.74 Å². The van der Waals surface area contributed by atoms with Gasteiger partial charge in [-0.05, 0) is 99.6 Å². The summed E-state index contributed by atoms with van der Waals surface area (Å²) in [4.78, 5) is 27.2. The Hall–Kier alpha value is -3.84. The number of amides is 3. The summed E-state index contributed by atoms with van der Waals surface area (Å²) in [5, 5.41) is 8.55. The van der Waals surface area contributed by atoms with Crippen LogP contribution in [0.2, 0.25) is 0 Å². The minimum atomic E-state index is -0.368. The standard InChI is InChI=1S/C29H36N4O3/c1-3-20-33(21-4-2)22-8-19-30-28(34)23-11-13-24(14-12-23)31-29(35)32-25-15-17-27(18-16-25)36-26-9-6-5-7-10-26/h5-7,9-18H,3-4,8,19-22H2,1-2H3,(H,30,34)(H2,31,32,35). The summed E-state index contributed by atoms with van der Waals surface area (Å²) in [7, 11) is 0. The molecule has 0 saturated carbocycles. The van der Waals surface area contributed by atoms with Crippen molar-refractivity contribution in [2.45, 2.75) is 33.1 Å². The van der Waals surface area contributed by atoms with Gasteiger partial charge in [-0.25, -0.2) is 4.79 Å². The molecule has 3 aromatic rings. The lowest BCUT2D eigenvalue weighted by atomic mass is 10.2. The Labute approximate surface area is 213 Å². The molecule has 7 heteroatoms. The average molecular weight is 489 g/mol. The van der Waals surface area contributed by atoms with Gasteiger partial charge in [0.2, 0.25) is 0 Å². The smallest absolute Gasteiger partial charge is 0.323 e. The van der Waals surface area contributed by atoms with Gasteiger partial charge in [-0.3, -0.25) is 4.79 Å². The summed E-state index contributed by atoms with van der Waals surface area (Å²) >= 11 is 0. The zero-order valence-electron chi connectivity index (χ0n) is 21.1. The monoisotopic (exact) mass is 488 g/mol. The van der Waals surface area contributed by atoms with Gasteiger partial charge in [-0.2, -0.15) is 0 Å². The van der Waals surface area contributed by atoms with E-state index in [2.05, 4.69) is 34.7 Å². The molecule has 0 radical (unpaired) electrons. The fraction of sp³-hybridized carbons (Fsp3) is 0.310. The predicted molar refractivity (Wildman–Crippen MR) is 146 cm³/mol. The lowest BCUT2D eigenvalue weighted by Gasteiger charge is -2.20. The van der Waals surface area contributed by atoms with Crippen LogP contribution in [0.4, 0.5) is 16.2 Å². The largest absolute Gasteiger partial charge is 0.457 e. The van der Waals surface area contributed by atoms with E-state index in [1.807, 2.05) is 30.3 Å². The molecule has 0 aliphatic rings. The van der Waals surface area contributed by atoms with Crippen molar-refractivity contribution in [2.75, 3.05) is 36.8 Å². The molecule has 3 N–H and O–H groups in total. The van der Waals surface area contributed by atoms with E-state index in [-0.39, 0.29) is 11.9 Å². The van der Waals surface area contributed by atoms with Gasteiger partial charge in [0.25, 0.3) is 5.91 Å². The van der Waals surface area contributed by atoms with Gasteiger partial charge >= 0.3 is 6.03 Å². The van der Waals surface area contributed by atoms with Gasteiger partial charge in [0.1, 0.15) is 11.5 Å². The highest BCUT2D eigenvalue weighted by Gasteiger charge is 2.08. The molecular formula is C29H36N4O3. The molecule has 0 unspecified atom stereocenters. The van der Waals surface area contributed by atoms with Gasteiger partial charge in [-0.15, -0.1) is 0 Å². The topological polar surface area (TPSA) is 82.7 Å². The molecule has 0 spiro atoms. The molecule has 7 nitrogen and oxygen atoms in total. The quantitative estimate of drug-likeness (QED) is 0.244. The van der Waals surface area contributed by atoms with Crippen molar-refractivity contribution in [1.29, 1.82) is 0 Å². The summed E-state index contributed by atoms with van der Waals surface area (Å²) in [6, 6.07) is 23.1. The number of rotatable bonds is 13. The normalized spacial score (nSPS) is 10.6. The number of carbonyl (C=O) groups is 2. The number of carbonyl (C=O) groups excluding carboxylic acids is 2. The maximum atomic E-state index is 12.4. The van der Waals surface area contributed by atoms with E-state index in [9.17, 15) is 9.59 Å². The molecular weight excluding hydrogens is 452 g/mol. The third-order valence-electron chi connectivity index (χ3n) is 5.51. The number of hydrogen-bond donors (Lipinski definition) is 3. The third-order valence-corrected chi connectivity index (χ3v) is 5.51. The van der Waals surface area contributed by atoms with Crippen LogP contribution in [0.15, 0.2) is 78.9 Å². The fourth-order valence-electron chi connectivity index (χ4n) is 3.80. The van der Waals surface area contributed by atoms with Gasteiger partial charge in [-0.1, -0.05) is 32.0 Å². The average Bonchev–Trinajstić information content (AvgIpc) is 2.89. The molecule has 0 aromatic heterocycles. The second kappa shape index (κ2) is 14.5. The van der Waals surface area contributed by atoms with Crippen LogP contribution in [-0.4, -0.2) is 43.0 Å². The number of benzene rings is 3. The summed E-state index contributed by atoms with van der Waals surface area (Å²) in [6.45, 7) is 8.19. The Morgan fingerprint density at radius 3 is 1.86 bits per heavy atom. The highest BCUT2D eigenvalue weighted by atomic mass is 16.5. The van der Waals surface area contributed by atoms with E-state index in [0.29, 0.717) is 29.2 Å². The predicted octanol–water partition coefficient (Wildman–Crippen LogP) is 6.36. The molecule has 0 aliphatic heterocycles. The number of ether oxygens (including phenoxy) is 1. The molecule has 0 fully saturated rings. The number of hydrogen-bond acceptors (Lipinski definition) is 4. The first-order valence-electron chi connectivity index (χ1n) is 12.6. The number of nitrogens with zero attached hydrogens (tertiary/aromatic N) is 1. The zero-order chi connectivity index (χ0) is 25.6. The highest BCUT2D eigenvalue weighted by molar-refractivity contribution is 6.00. The first-order valence-corrected chi connectivity index (χ1v) is 12.6. The van der Waals surface area contributed by atoms with Crippen molar-refractivity contribution >= 4 is 23.3 Å². The summed E-state index contributed by atoms with van der Waals surface area (Å²) in [5.41, 5.74) is 1.80. The molecule has 0 bridgehead atoms. The Morgan fingerprint density at radius 2 is 1.28 bits per heavy atom. The van der Waals surface area contributed by atoms with Crippen LogP contribution < -0.4 is 20.7 Å².